The molecule has 2 aromatic rings. The maximum atomic E-state index is 12.4. The van der Waals surface area contributed by atoms with Gasteiger partial charge in [0.25, 0.3) is 0 Å². The minimum absolute atomic E-state index is 0. The monoisotopic (exact) mass is 399 g/mol. The number of aryl methyl sites for hydroxylation is 2. The molecular formula is C19H27Cl2N3O2. The Morgan fingerprint density at radius 3 is 2.73 bits per heavy atom. The third-order valence-corrected chi connectivity index (χ3v) is 4.58. The van der Waals surface area contributed by atoms with E-state index in [1.165, 1.54) is 5.56 Å². The minimum Gasteiger partial charge on any atom is -0.441 e. The summed E-state index contributed by atoms with van der Waals surface area (Å²) in [6.45, 7) is 3.79. The van der Waals surface area contributed by atoms with Gasteiger partial charge in [-0.05, 0) is 26.8 Å². The van der Waals surface area contributed by atoms with E-state index in [0.717, 1.165) is 37.3 Å². The molecular weight excluding hydrogens is 373 g/mol. The first-order chi connectivity index (χ1) is 11.7. The van der Waals surface area contributed by atoms with Gasteiger partial charge >= 0.3 is 0 Å². The molecule has 1 unspecified atom stereocenters. The number of likely N-dealkylation sites (tertiary alicyclic amines) is 1. The van der Waals surface area contributed by atoms with Gasteiger partial charge < -0.3 is 14.6 Å². The molecule has 144 valence electrons. The van der Waals surface area contributed by atoms with Crippen LogP contribution in [0.1, 0.15) is 30.7 Å². The fraction of sp³-hybridized carbons (Fsp3) is 0.474. The molecule has 0 aliphatic carbocycles. The number of aromatic nitrogens is 1. The lowest BCUT2D eigenvalue weighted by molar-refractivity contribution is -0.131. The maximum Gasteiger partial charge on any atom is 0.223 e. The van der Waals surface area contributed by atoms with E-state index < -0.39 is 0 Å². The summed E-state index contributed by atoms with van der Waals surface area (Å²) in [6, 6.07) is 8.48. The summed E-state index contributed by atoms with van der Waals surface area (Å²) >= 11 is 0. The second-order valence-electron chi connectivity index (χ2n) is 6.43. The second kappa shape index (κ2) is 10.6. The number of benzene rings is 1. The molecule has 3 rings (SSSR count). The van der Waals surface area contributed by atoms with Crippen molar-refractivity contribution in [3.05, 3.63) is 41.9 Å². The zero-order valence-corrected chi connectivity index (χ0v) is 16.9. The van der Waals surface area contributed by atoms with E-state index in [1.54, 1.807) is 6.20 Å². The van der Waals surface area contributed by atoms with Gasteiger partial charge in [-0.25, -0.2) is 4.98 Å². The van der Waals surface area contributed by atoms with Gasteiger partial charge in [0.05, 0.1) is 6.20 Å². The number of nitrogens with one attached hydrogen (secondary N) is 1. The lowest BCUT2D eigenvalue weighted by Crippen LogP contribution is -2.40. The molecule has 1 fully saturated rings. The second-order valence-corrected chi connectivity index (χ2v) is 6.43. The first-order valence-corrected chi connectivity index (χ1v) is 8.63. The first kappa shape index (κ1) is 22.5. The highest BCUT2D eigenvalue weighted by Crippen LogP contribution is 2.22. The van der Waals surface area contributed by atoms with Crippen molar-refractivity contribution in [1.82, 2.24) is 15.2 Å². The summed E-state index contributed by atoms with van der Waals surface area (Å²) in [7, 11) is 1.93. The molecule has 26 heavy (non-hydrogen) atoms. The van der Waals surface area contributed by atoms with Gasteiger partial charge in [0, 0.05) is 37.5 Å². The number of likely N-dealkylation sites (N-methyl/N-ethyl adjacent to an activating group) is 1. The molecule has 5 nitrogen and oxygen atoms in total. The van der Waals surface area contributed by atoms with Crippen molar-refractivity contribution in [3.8, 4) is 11.3 Å². The fourth-order valence-electron chi connectivity index (χ4n) is 3.25. The smallest absolute Gasteiger partial charge is 0.223 e. The van der Waals surface area contributed by atoms with Crippen molar-refractivity contribution < 1.29 is 9.21 Å². The third kappa shape index (κ3) is 5.47. The van der Waals surface area contributed by atoms with Gasteiger partial charge in [0.1, 0.15) is 0 Å². The van der Waals surface area contributed by atoms with Crippen molar-refractivity contribution in [1.29, 1.82) is 0 Å². The SMILES string of the molecule is CNCC1CCCN1C(=O)CCc1ncc(-c2ccc(C)cc2)o1.Cl.Cl. The zero-order valence-electron chi connectivity index (χ0n) is 15.2. The molecule has 1 saturated heterocycles. The van der Waals surface area contributed by atoms with E-state index in [4.69, 9.17) is 4.42 Å². The van der Waals surface area contributed by atoms with Crippen LogP contribution in [0.4, 0.5) is 0 Å². The Bertz CT molecular complexity index is 688. The topological polar surface area (TPSA) is 58.4 Å². The Labute approximate surface area is 167 Å². The van der Waals surface area contributed by atoms with Gasteiger partial charge in [0.2, 0.25) is 5.91 Å². The van der Waals surface area contributed by atoms with Crippen LogP contribution in [0.25, 0.3) is 11.3 Å². The highest BCUT2D eigenvalue weighted by molar-refractivity contribution is 5.85. The van der Waals surface area contributed by atoms with Crippen LogP contribution in [0.3, 0.4) is 0 Å². The molecule has 0 spiro atoms. The summed E-state index contributed by atoms with van der Waals surface area (Å²) in [6.07, 6.45) is 4.92. The van der Waals surface area contributed by atoms with E-state index >= 15 is 0 Å². The molecule has 1 atom stereocenters. The molecule has 0 bridgehead atoms. The minimum atomic E-state index is 0. The number of oxazole rings is 1. The van der Waals surface area contributed by atoms with Crippen molar-refractivity contribution in [2.45, 2.75) is 38.6 Å². The standard InChI is InChI=1S/C19H25N3O2.2ClH/c1-14-5-7-15(8-6-14)17-13-21-18(24-17)9-10-19(23)22-11-3-4-16(22)12-20-2;;/h5-8,13,16,20H,3-4,9-12H2,1-2H3;2*1H. The van der Waals surface area contributed by atoms with Gasteiger partial charge in [0.15, 0.2) is 11.7 Å². The Morgan fingerprint density at radius 2 is 2.04 bits per heavy atom. The Morgan fingerprint density at radius 1 is 1.31 bits per heavy atom. The molecule has 1 aliphatic rings. The van der Waals surface area contributed by atoms with Crippen molar-refractivity contribution in [3.63, 3.8) is 0 Å². The molecule has 1 aromatic carbocycles. The maximum absolute atomic E-state index is 12.4. The van der Waals surface area contributed by atoms with E-state index in [1.807, 2.05) is 24.1 Å². The van der Waals surface area contributed by atoms with Gasteiger partial charge in [-0.1, -0.05) is 29.8 Å². The van der Waals surface area contributed by atoms with Crippen LogP contribution in [0, 0.1) is 6.92 Å². The Kier molecular flexibility index (Phi) is 9.13. The largest absolute Gasteiger partial charge is 0.441 e. The Balaban J connectivity index is 0.00000169. The van der Waals surface area contributed by atoms with Crippen LogP contribution >= 0.6 is 24.8 Å². The van der Waals surface area contributed by atoms with Crippen LogP contribution in [-0.2, 0) is 11.2 Å². The molecule has 7 heteroatoms. The lowest BCUT2D eigenvalue weighted by Gasteiger charge is -2.24. The van der Waals surface area contributed by atoms with E-state index in [-0.39, 0.29) is 30.7 Å². The summed E-state index contributed by atoms with van der Waals surface area (Å²) in [5.41, 5.74) is 2.23. The van der Waals surface area contributed by atoms with Crippen molar-refractivity contribution >= 4 is 30.7 Å². The molecule has 1 aliphatic heterocycles. The summed E-state index contributed by atoms with van der Waals surface area (Å²) in [5.74, 6) is 1.58. The predicted molar refractivity (Wildman–Crippen MR) is 108 cm³/mol. The first-order valence-electron chi connectivity index (χ1n) is 8.63. The summed E-state index contributed by atoms with van der Waals surface area (Å²) in [4.78, 5) is 18.8. The quantitative estimate of drug-likeness (QED) is 0.805. The van der Waals surface area contributed by atoms with Crippen LogP contribution in [0.15, 0.2) is 34.9 Å². The molecule has 1 aromatic heterocycles. The molecule has 0 radical (unpaired) electrons. The average molecular weight is 400 g/mol. The van der Waals surface area contributed by atoms with Crippen LogP contribution in [0.5, 0.6) is 0 Å². The molecule has 1 amide bonds. The van der Waals surface area contributed by atoms with Gasteiger partial charge in [-0.2, -0.15) is 0 Å². The number of carbonyl (C=O) groups is 1. The average Bonchev–Trinajstić information content (AvgIpc) is 3.23. The van der Waals surface area contributed by atoms with Crippen LogP contribution in [0.2, 0.25) is 0 Å². The highest BCUT2D eigenvalue weighted by Gasteiger charge is 2.27. The Hall–Kier alpha value is -1.56. The third-order valence-electron chi connectivity index (χ3n) is 4.58. The molecule has 1 N–H and O–H groups in total. The molecule has 2 heterocycles. The van der Waals surface area contributed by atoms with Gasteiger partial charge in [-0.3, -0.25) is 4.79 Å². The number of amides is 1. The van der Waals surface area contributed by atoms with Crippen LogP contribution < -0.4 is 5.32 Å². The number of hydrogen-bond acceptors (Lipinski definition) is 4. The van der Waals surface area contributed by atoms with Gasteiger partial charge in [-0.15, -0.1) is 24.8 Å². The number of hydrogen-bond donors (Lipinski definition) is 1. The number of nitrogens with zero attached hydrogens (tertiary/aromatic N) is 2. The van der Waals surface area contributed by atoms with E-state index in [2.05, 4.69) is 29.4 Å². The number of halogens is 2. The highest BCUT2D eigenvalue weighted by atomic mass is 35.5. The predicted octanol–water partition coefficient (Wildman–Crippen LogP) is 3.64. The zero-order chi connectivity index (χ0) is 16.9. The van der Waals surface area contributed by atoms with Crippen molar-refractivity contribution in [2.75, 3.05) is 20.1 Å². The van der Waals surface area contributed by atoms with Crippen LogP contribution in [-0.4, -0.2) is 42.0 Å². The summed E-state index contributed by atoms with van der Waals surface area (Å²) in [5, 5.41) is 3.17. The van der Waals surface area contributed by atoms with E-state index in [0.29, 0.717) is 24.8 Å². The normalized spacial score (nSPS) is 16.1. The fourth-order valence-corrected chi connectivity index (χ4v) is 3.25. The van der Waals surface area contributed by atoms with Crippen molar-refractivity contribution in [2.24, 2.45) is 0 Å². The molecule has 0 saturated carbocycles. The summed E-state index contributed by atoms with van der Waals surface area (Å²) < 4.78 is 5.80. The number of rotatable bonds is 6. The van der Waals surface area contributed by atoms with E-state index in [9.17, 15) is 4.79 Å². The lowest BCUT2D eigenvalue weighted by atomic mass is 10.1. The number of carbonyl (C=O) groups excluding carboxylic acids is 1.